The number of aromatic nitrogens is 3. The molecule has 0 spiro atoms. The van der Waals surface area contributed by atoms with E-state index in [0.717, 1.165) is 11.8 Å². The van der Waals surface area contributed by atoms with Gasteiger partial charge in [-0.2, -0.15) is 9.97 Å². The number of nitrogens with zero attached hydrogens (tertiary/aromatic N) is 3. The van der Waals surface area contributed by atoms with E-state index in [1.54, 1.807) is 0 Å². The van der Waals surface area contributed by atoms with Crippen molar-refractivity contribution in [3.05, 3.63) is 17.9 Å². The fourth-order valence-corrected chi connectivity index (χ4v) is 1.82. The van der Waals surface area contributed by atoms with Crippen LogP contribution in [0.2, 0.25) is 0 Å². The molecule has 0 aliphatic carbocycles. The molecular formula is C10H9N3O5S. The lowest BCUT2D eigenvalue weighted by atomic mass is 10.5. The van der Waals surface area contributed by atoms with Crippen molar-refractivity contribution in [2.24, 2.45) is 0 Å². The average molecular weight is 283 g/mol. The van der Waals surface area contributed by atoms with Gasteiger partial charge in [0.15, 0.2) is 5.09 Å². The lowest BCUT2D eigenvalue weighted by molar-refractivity contribution is 0.0656. The first kappa shape index (κ1) is 13.1. The van der Waals surface area contributed by atoms with Crippen molar-refractivity contribution in [2.75, 3.05) is 14.2 Å². The van der Waals surface area contributed by atoms with Crippen LogP contribution in [0.3, 0.4) is 0 Å². The third-order valence-corrected chi connectivity index (χ3v) is 2.71. The molecule has 100 valence electrons. The Kier molecular flexibility index (Phi) is 3.85. The Balaban J connectivity index is 2.23. The summed E-state index contributed by atoms with van der Waals surface area (Å²) in [6.07, 6.45) is 0. The van der Waals surface area contributed by atoms with Crippen LogP contribution in [0.15, 0.2) is 26.8 Å². The molecule has 0 aliphatic rings. The van der Waals surface area contributed by atoms with Crippen LogP contribution >= 0.6 is 11.8 Å². The summed E-state index contributed by atoms with van der Waals surface area (Å²) in [6, 6.07) is 3.05. The number of hydrogen-bond acceptors (Lipinski definition) is 8. The van der Waals surface area contributed by atoms with E-state index in [4.69, 9.17) is 19.0 Å². The zero-order chi connectivity index (χ0) is 13.8. The van der Waals surface area contributed by atoms with Crippen LogP contribution in [-0.4, -0.2) is 40.2 Å². The van der Waals surface area contributed by atoms with Crippen molar-refractivity contribution >= 4 is 17.7 Å². The molecule has 2 rings (SSSR count). The maximum atomic E-state index is 10.7. The Morgan fingerprint density at radius 3 is 2.32 bits per heavy atom. The topological polar surface area (TPSA) is 108 Å². The molecule has 1 N–H and O–H groups in total. The number of carbonyl (C=O) groups is 1. The molecule has 0 saturated heterocycles. The molecular weight excluding hydrogens is 274 g/mol. The van der Waals surface area contributed by atoms with E-state index < -0.39 is 5.97 Å². The van der Waals surface area contributed by atoms with Gasteiger partial charge in [-0.25, -0.2) is 4.79 Å². The molecule has 2 heterocycles. The van der Waals surface area contributed by atoms with Crippen LogP contribution in [0, 0.1) is 0 Å². The first-order chi connectivity index (χ1) is 9.12. The molecule has 0 amide bonds. The highest BCUT2D eigenvalue weighted by Gasteiger charge is 2.13. The number of rotatable bonds is 5. The minimum Gasteiger partial charge on any atom is -0.475 e. The molecule has 2 aromatic rings. The molecule has 0 fully saturated rings. The Bertz CT molecular complexity index is 578. The van der Waals surface area contributed by atoms with E-state index in [1.807, 2.05) is 0 Å². The molecule has 2 aromatic heterocycles. The second-order valence-electron chi connectivity index (χ2n) is 3.12. The van der Waals surface area contributed by atoms with Crippen LogP contribution < -0.4 is 9.47 Å². The minimum atomic E-state index is -1.14. The van der Waals surface area contributed by atoms with Gasteiger partial charge in [-0.3, -0.25) is 0 Å². The molecule has 0 bridgehead atoms. The van der Waals surface area contributed by atoms with Crippen molar-refractivity contribution in [3.8, 4) is 12.0 Å². The maximum Gasteiger partial charge on any atom is 0.371 e. The predicted molar refractivity (Wildman–Crippen MR) is 62.7 cm³/mol. The molecule has 9 heteroatoms. The Hall–Kier alpha value is -2.29. The van der Waals surface area contributed by atoms with Crippen molar-refractivity contribution in [3.63, 3.8) is 0 Å². The van der Waals surface area contributed by atoms with E-state index in [-0.39, 0.29) is 22.9 Å². The second-order valence-corrected chi connectivity index (χ2v) is 4.09. The fraction of sp³-hybridized carbons (Fsp3) is 0.200. The van der Waals surface area contributed by atoms with Gasteiger partial charge in [0.05, 0.1) is 14.2 Å². The van der Waals surface area contributed by atoms with Crippen LogP contribution in [0.5, 0.6) is 12.0 Å². The van der Waals surface area contributed by atoms with Gasteiger partial charge in [0.2, 0.25) is 10.9 Å². The zero-order valence-corrected chi connectivity index (χ0v) is 10.8. The summed E-state index contributed by atoms with van der Waals surface area (Å²) in [4.78, 5) is 22.5. The van der Waals surface area contributed by atoms with Gasteiger partial charge in [-0.05, 0) is 23.9 Å². The SMILES string of the molecule is COc1nc(OC)nc(Sc2ccc(C(=O)O)o2)n1. The summed E-state index contributed by atoms with van der Waals surface area (Å²) in [7, 11) is 2.83. The highest BCUT2D eigenvalue weighted by Crippen LogP contribution is 2.28. The van der Waals surface area contributed by atoms with Gasteiger partial charge in [0.25, 0.3) is 0 Å². The predicted octanol–water partition coefficient (Wildman–Crippen LogP) is 1.33. The third kappa shape index (κ3) is 3.13. The summed E-state index contributed by atoms with van der Waals surface area (Å²) in [5, 5.41) is 9.36. The van der Waals surface area contributed by atoms with Gasteiger partial charge in [-0.1, -0.05) is 0 Å². The van der Waals surface area contributed by atoms with Gasteiger partial charge in [0, 0.05) is 0 Å². The van der Waals surface area contributed by atoms with Crippen molar-refractivity contribution in [2.45, 2.75) is 10.2 Å². The Morgan fingerprint density at radius 1 is 1.21 bits per heavy atom. The number of aromatic carboxylic acids is 1. The summed E-state index contributed by atoms with van der Waals surface area (Å²) in [5.74, 6) is -1.30. The van der Waals surface area contributed by atoms with Gasteiger partial charge in [-0.15, -0.1) is 4.98 Å². The molecule has 19 heavy (non-hydrogen) atoms. The lowest BCUT2D eigenvalue weighted by Crippen LogP contribution is -2.00. The van der Waals surface area contributed by atoms with Crippen molar-refractivity contribution in [1.82, 2.24) is 15.0 Å². The average Bonchev–Trinajstić information content (AvgIpc) is 2.87. The zero-order valence-electron chi connectivity index (χ0n) is 9.98. The van der Waals surface area contributed by atoms with E-state index in [1.165, 1.54) is 26.4 Å². The van der Waals surface area contributed by atoms with Crippen LogP contribution in [-0.2, 0) is 0 Å². The van der Waals surface area contributed by atoms with E-state index >= 15 is 0 Å². The van der Waals surface area contributed by atoms with Crippen LogP contribution in [0.25, 0.3) is 0 Å². The first-order valence-electron chi connectivity index (χ1n) is 4.97. The Morgan fingerprint density at radius 2 is 1.84 bits per heavy atom. The number of methoxy groups -OCH3 is 2. The number of furan rings is 1. The summed E-state index contributed by atoms with van der Waals surface area (Å²) >= 11 is 1.03. The molecule has 0 radical (unpaired) electrons. The molecule has 0 saturated carbocycles. The highest BCUT2D eigenvalue weighted by molar-refractivity contribution is 7.99. The second kappa shape index (κ2) is 5.57. The molecule has 0 aromatic carbocycles. The van der Waals surface area contributed by atoms with Crippen LogP contribution in [0.1, 0.15) is 10.6 Å². The van der Waals surface area contributed by atoms with E-state index in [2.05, 4.69) is 15.0 Å². The van der Waals surface area contributed by atoms with E-state index in [0.29, 0.717) is 5.09 Å². The normalized spacial score (nSPS) is 10.2. The van der Waals surface area contributed by atoms with Gasteiger partial charge >= 0.3 is 18.0 Å². The Labute approximate surface area is 111 Å². The van der Waals surface area contributed by atoms with Crippen molar-refractivity contribution in [1.29, 1.82) is 0 Å². The minimum absolute atomic E-state index is 0.0966. The number of carboxylic acids is 1. The van der Waals surface area contributed by atoms with Gasteiger partial charge in [0.1, 0.15) is 0 Å². The molecule has 0 unspecified atom stereocenters. The summed E-state index contributed by atoms with van der Waals surface area (Å²) < 4.78 is 14.9. The number of carboxylic acid groups (broad SMARTS) is 1. The maximum absolute atomic E-state index is 10.7. The molecule has 0 atom stereocenters. The molecule has 8 nitrogen and oxygen atoms in total. The third-order valence-electron chi connectivity index (χ3n) is 1.92. The largest absolute Gasteiger partial charge is 0.475 e. The molecule has 0 aliphatic heterocycles. The summed E-state index contributed by atoms with van der Waals surface area (Å²) in [5.41, 5.74) is 0. The smallest absolute Gasteiger partial charge is 0.371 e. The summed E-state index contributed by atoms with van der Waals surface area (Å²) in [6.45, 7) is 0. The van der Waals surface area contributed by atoms with Crippen LogP contribution in [0.4, 0.5) is 0 Å². The number of ether oxygens (including phenoxy) is 2. The van der Waals surface area contributed by atoms with E-state index in [9.17, 15) is 4.79 Å². The number of hydrogen-bond donors (Lipinski definition) is 1. The first-order valence-corrected chi connectivity index (χ1v) is 5.79. The van der Waals surface area contributed by atoms with Crippen molar-refractivity contribution < 1.29 is 23.8 Å². The monoisotopic (exact) mass is 283 g/mol. The lowest BCUT2D eigenvalue weighted by Gasteiger charge is -2.03. The van der Waals surface area contributed by atoms with Gasteiger partial charge < -0.3 is 19.0 Å². The standard InChI is InChI=1S/C10H9N3O5S/c1-16-8-11-9(17-2)13-10(12-8)19-6-4-3-5(18-6)7(14)15/h3-4H,1-2H3,(H,14,15). The highest BCUT2D eigenvalue weighted by atomic mass is 32.2. The quantitative estimate of drug-likeness (QED) is 0.869. The fourth-order valence-electron chi connectivity index (χ4n) is 1.13.